The largest absolute Gasteiger partial charge is 0.384 e. The van der Waals surface area contributed by atoms with Crippen LogP contribution in [-0.4, -0.2) is 27.4 Å². The summed E-state index contributed by atoms with van der Waals surface area (Å²) in [7, 11) is 1.83. The van der Waals surface area contributed by atoms with Crippen molar-refractivity contribution in [3.63, 3.8) is 0 Å². The number of benzene rings is 1. The quantitative estimate of drug-likeness (QED) is 0.806. The Hall–Kier alpha value is -2.58. The van der Waals surface area contributed by atoms with Crippen molar-refractivity contribution in [3.8, 4) is 11.8 Å². The smallest absolute Gasteiger partial charge is 0.251 e. The van der Waals surface area contributed by atoms with E-state index in [1.165, 1.54) is 0 Å². The second-order valence-corrected chi connectivity index (χ2v) is 4.20. The maximum Gasteiger partial charge on any atom is 0.251 e. The van der Waals surface area contributed by atoms with Gasteiger partial charge in [-0.2, -0.15) is 5.10 Å². The zero-order chi connectivity index (χ0) is 14.4. The molecule has 0 aliphatic heterocycles. The Morgan fingerprint density at radius 1 is 1.35 bits per heavy atom. The Labute approximate surface area is 117 Å². The van der Waals surface area contributed by atoms with Gasteiger partial charge in [-0.3, -0.25) is 9.48 Å². The molecule has 2 rings (SSSR count). The minimum atomic E-state index is -0.174. The Bertz CT molecular complexity index is 648. The maximum atomic E-state index is 11.9. The second-order valence-electron chi connectivity index (χ2n) is 4.20. The van der Waals surface area contributed by atoms with Crippen molar-refractivity contribution in [3.05, 3.63) is 53.3 Å². The van der Waals surface area contributed by atoms with Gasteiger partial charge in [-0.25, -0.2) is 0 Å². The number of aromatic nitrogens is 2. The van der Waals surface area contributed by atoms with E-state index in [-0.39, 0.29) is 12.5 Å². The van der Waals surface area contributed by atoms with Crippen LogP contribution in [0.1, 0.15) is 21.6 Å². The van der Waals surface area contributed by atoms with Crippen LogP contribution in [0.4, 0.5) is 0 Å². The van der Waals surface area contributed by atoms with Crippen LogP contribution in [0.2, 0.25) is 0 Å². The number of aliphatic hydroxyl groups excluding tert-OH is 1. The van der Waals surface area contributed by atoms with Gasteiger partial charge in [0, 0.05) is 24.4 Å². The lowest BCUT2D eigenvalue weighted by Gasteiger charge is -2.03. The molecule has 0 radical (unpaired) electrons. The highest BCUT2D eigenvalue weighted by atomic mass is 16.2. The first-order chi connectivity index (χ1) is 9.69. The van der Waals surface area contributed by atoms with Crippen molar-refractivity contribution in [2.24, 2.45) is 7.05 Å². The van der Waals surface area contributed by atoms with Crippen LogP contribution in [-0.2, 0) is 13.6 Å². The molecule has 2 aromatic rings. The lowest BCUT2D eigenvalue weighted by molar-refractivity contribution is 0.0950. The van der Waals surface area contributed by atoms with Crippen molar-refractivity contribution in [2.45, 2.75) is 6.54 Å². The van der Waals surface area contributed by atoms with E-state index in [1.54, 1.807) is 28.9 Å². The fraction of sp³-hybridized carbons (Fsp3) is 0.200. The minimum Gasteiger partial charge on any atom is -0.384 e. The predicted octanol–water partition coefficient (Wildman–Crippen LogP) is 0.694. The molecule has 1 aromatic heterocycles. The topological polar surface area (TPSA) is 67.2 Å². The van der Waals surface area contributed by atoms with Crippen molar-refractivity contribution >= 4 is 5.91 Å². The summed E-state index contributed by atoms with van der Waals surface area (Å²) >= 11 is 0. The molecule has 20 heavy (non-hydrogen) atoms. The summed E-state index contributed by atoms with van der Waals surface area (Å²) < 4.78 is 1.69. The van der Waals surface area contributed by atoms with Gasteiger partial charge in [-0.1, -0.05) is 11.8 Å². The van der Waals surface area contributed by atoms with Gasteiger partial charge in [-0.15, -0.1) is 0 Å². The lowest BCUT2D eigenvalue weighted by Crippen LogP contribution is -2.23. The molecular formula is C15H15N3O2. The summed E-state index contributed by atoms with van der Waals surface area (Å²) in [6, 6.07) is 8.76. The molecule has 1 heterocycles. The molecule has 5 nitrogen and oxygen atoms in total. The summed E-state index contributed by atoms with van der Waals surface area (Å²) in [4.78, 5) is 11.9. The molecule has 0 bridgehead atoms. The maximum absolute atomic E-state index is 11.9. The van der Waals surface area contributed by atoms with Crippen molar-refractivity contribution < 1.29 is 9.90 Å². The molecule has 0 fully saturated rings. The standard InChI is InChI=1S/C15H15N3O2/c1-18-9-8-14(17-18)11-16-15(20)13-6-4-12(5-7-13)3-2-10-19/h4-9,19H,10-11H2,1H3,(H,16,20). The molecule has 1 aromatic carbocycles. The molecule has 0 atom stereocenters. The number of carbonyl (C=O) groups excluding carboxylic acids is 1. The van der Waals surface area contributed by atoms with Crippen LogP contribution in [0.5, 0.6) is 0 Å². The third-order valence-electron chi connectivity index (χ3n) is 2.66. The van der Waals surface area contributed by atoms with Crippen LogP contribution in [0.15, 0.2) is 36.5 Å². The molecule has 0 aliphatic rings. The van der Waals surface area contributed by atoms with E-state index < -0.39 is 0 Å². The lowest BCUT2D eigenvalue weighted by atomic mass is 10.1. The zero-order valence-corrected chi connectivity index (χ0v) is 11.1. The van der Waals surface area contributed by atoms with E-state index >= 15 is 0 Å². The van der Waals surface area contributed by atoms with Crippen LogP contribution >= 0.6 is 0 Å². The number of aliphatic hydroxyl groups is 1. The van der Waals surface area contributed by atoms with Gasteiger partial charge in [0.25, 0.3) is 5.91 Å². The van der Waals surface area contributed by atoms with Crippen LogP contribution in [0.3, 0.4) is 0 Å². The number of hydrogen-bond donors (Lipinski definition) is 2. The predicted molar refractivity (Wildman–Crippen MR) is 74.8 cm³/mol. The molecule has 102 valence electrons. The normalized spacial score (nSPS) is 9.70. The summed E-state index contributed by atoms with van der Waals surface area (Å²) in [5, 5.41) is 15.6. The van der Waals surface area contributed by atoms with Crippen molar-refractivity contribution in [1.29, 1.82) is 0 Å². The number of rotatable bonds is 3. The van der Waals surface area contributed by atoms with Gasteiger partial charge in [0.1, 0.15) is 6.61 Å². The van der Waals surface area contributed by atoms with Gasteiger partial charge in [0.05, 0.1) is 12.2 Å². The highest BCUT2D eigenvalue weighted by Crippen LogP contribution is 2.04. The van der Waals surface area contributed by atoms with Gasteiger partial charge >= 0.3 is 0 Å². The number of aryl methyl sites for hydroxylation is 1. The highest BCUT2D eigenvalue weighted by Gasteiger charge is 2.05. The molecule has 5 heteroatoms. The van der Waals surface area contributed by atoms with E-state index in [4.69, 9.17) is 5.11 Å². The number of amides is 1. The number of nitrogens with zero attached hydrogens (tertiary/aromatic N) is 2. The van der Waals surface area contributed by atoms with Crippen LogP contribution in [0, 0.1) is 11.8 Å². The summed E-state index contributed by atoms with van der Waals surface area (Å²) in [5.74, 6) is 5.18. The van der Waals surface area contributed by atoms with E-state index in [1.807, 2.05) is 19.3 Å². The number of carbonyl (C=O) groups is 1. The van der Waals surface area contributed by atoms with Gasteiger partial charge < -0.3 is 10.4 Å². The highest BCUT2D eigenvalue weighted by molar-refractivity contribution is 5.94. The summed E-state index contributed by atoms with van der Waals surface area (Å²) in [5.41, 5.74) is 2.14. The molecular weight excluding hydrogens is 254 g/mol. The van der Waals surface area contributed by atoms with Crippen LogP contribution < -0.4 is 5.32 Å². The van der Waals surface area contributed by atoms with Crippen molar-refractivity contribution in [2.75, 3.05) is 6.61 Å². The summed E-state index contributed by atoms with van der Waals surface area (Å²) in [6.07, 6.45) is 1.83. The molecule has 0 aliphatic carbocycles. The first kappa shape index (κ1) is 13.8. The molecule has 0 saturated carbocycles. The Kier molecular flexibility index (Phi) is 4.53. The first-order valence-electron chi connectivity index (χ1n) is 6.15. The molecule has 1 amide bonds. The molecule has 2 N–H and O–H groups in total. The van der Waals surface area contributed by atoms with Gasteiger partial charge in [-0.05, 0) is 30.3 Å². The fourth-order valence-electron chi connectivity index (χ4n) is 1.68. The monoisotopic (exact) mass is 269 g/mol. The number of hydrogen-bond acceptors (Lipinski definition) is 3. The second kappa shape index (κ2) is 6.55. The Balaban J connectivity index is 1.95. The van der Waals surface area contributed by atoms with E-state index in [0.29, 0.717) is 12.1 Å². The first-order valence-corrected chi connectivity index (χ1v) is 6.15. The van der Waals surface area contributed by atoms with E-state index in [9.17, 15) is 4.79 Å². The molecule has 0 spiro atoms. The third-order valence-corrected chi connectivity index (χ3v) is 2.66. The Morgan fingerprint density at radius 2 is 2.10 bits per heavy atom. The third kappa shape index (κ3) is 3.70. The molecule has 0 unspecified atom stereocenters. The number of nitrogens with one attached hydrogen (secondary N) is 1. The van der Waals surface area contributed by atoms with Crippen LogP contribution in [0.25, 0.3) is 0 Å². The zero-order valence-electron chi connectivity index (χ0n) is 11.1. The average molecular weight is 269 g/mol. The Morgan fingerprint density at radius 3 is 2.70 bits per heavy atom. The SMILES string of the molecule is Cn1ccc(CNC(=O)c2ccc(C#CCO)cc2)n1. The fourth-order valence-corrected chi connectivity index (χ4v) is 1.68. The summed E-state index contributed by atoms with van der Waals surface area (Å²) in [6.45, 7) is 0.220. The minimum absolute atomic E-state index is 0.155. The van der Waals surface area contributed by atoms with E-state index in [0.717, 1.165) is 11.3 Å². The van der Waals surface area contributed by atoms with Gasteiger partial charge in [0.15, 0.2) is 0 Å². The molecule has 0 saturated heterocycles. The van der Waals surface area contributed by atoms with Crippen molar-refractivity contribution in [1.82, 2.24) is 15.1 Å². The van der Waals surface area contributed by atoms with E-state index in [2.05, 4.69) is 22.3 Å². The average Bonchev–Trinajstić information content (AvgIpc) is 2.89. The van der Waals surface area contributed by atoms with Gasteiger partial charge in [0.2, 0.25) is 0 Å².